The Bertz CT molecular complexity index is 207. The van der Waals surface area contributed by atoms with Gasteiger partial charge in [-0.1, -0.05) is 19.4 Å². The van der Waals surface area contributed by atoms with Gasteiger partial charge in [0.2, 0.25) is 0 Å². The fourth-order valence-electron chi connectivity index (χ4n) is 2.57. The Hall–Kier alpha value is -0.590. The number of carbonyl (C=O) groups excluding carboxylic acids is 1. The Balaban J connectivity index is 2.46. The van der Waals surface area contributed by atoms with Crippen LogP contribution in [0.5, 0.6) is 0 Å². The van der Waals surface area contributed by atoms with Crippen molar-refractivity contribution >= 4 is 5.78 Å². The summed E-state index contributed by atoms with van der Waals surface area (Å²) in [6.07, 6.45) is 10.7. The molecule has 0 aliphatic heterocycles. The topological polar surface area (TPSA) is 17.1 Å². The number of Topliss-reactive ketones (excluding diaryl/α,β-unsaturated/α-hetero) is 1. The van der Waals surface area contributed by atoms with Crippen LogP contribution in [0.25, 0.3) is 0 Å². The first-order valence-corrected chi connectivity index (χ1v) is 5.85. The molecule has 0 radical (unpaired) electrons. The molecule has 0 saturated heterocycles. The lowest BCUT2D eigenvalue weighted by Crippen LogP contribution is -2.28. The molecular formula is C13H22O. The molecule has 1 rings (SSSR count). The van der Waals surface area contributed by atoms with Gasteiger partial charge >= 0.3 is 0 Å². The Labute approximate surface area is 87.6 Å². The molecule has 0 amide bonds. The van der Waals surface area contributed by atoms with E-state index >= 15 is 0 Å². The summed E-state index contributed by atoms with van der Waals surface area (Å²) in [6, 6.07) is 0. The minimum atomic E-state index is 0.346. The van der Waals surface area contributed by atoms with E-state index in [1.54, 1.807) is 0 Å². The molecule has 0 N–H and O–H groups in total. The number of allylic oxidation sites excluding steroid dienone is 1. The number of rotatable bonds is 5. The van der Waals surface area contributed by atoms with Gasteiger partial charge in [0.1, 0.15) is 5.78 Å². The van der Waals surface area contributed by atoms with Crippen LogP contribution in [0.1, 0.15) is 58.3 Å². The minimum Gasteiger partial charge on any atom is -0.300 e. The Morgan fingerprint density at radius 3 is 2.93 bits per heavy atom. The van der Waals surface area contributed by atoms with Gasteiger partial charge in [0, 0.05) is 12.8 Å². The zero-order valence-corrected chi connectivity index (χ0v) is 9.35. The molecule has 0 aromatic carbocycles. The van der Waals surface area contributed by atoms with E-state index in [2.05, 4.69) is 13.5 Å². The standard InChI is InChI=1S/C13H22O/c1-3-5-6-9-13(4-2)10-7-8-12(14)11-13/h3H,1,4-11H2,2H3/t13-/m0/s1. The molecule has 0 heterocycles. The zero-order chi connectivity index (χ0) is 10.4. The molecule has 1 heteroatoms. The van der Waals surface area contributed by atoms with E-state index in [-0.39, 0.29) is 0 Å². The molecular weight excluding hydrogens is 172 g/mol. The first kappa shape index (κ1) is 11.5. The van der Waals surface area contributed by atoms with Gasteiger partial charge < -0.3 is 0 Å². The lowest BCUT2D eigenvalue weighted by atomic mass is 9.69. The summed E-state index contributed by atoms with van der Waals surface area (Å²) < 4.78 is 0. The minimum absolute atomic E-state index is 0.346. The van der Waals surface area contributed by atoms with Crippen LogP contribution in [-0.2, 0) is 4.79 Å². The third kappa shape index (κ3) is 2.97. The second-order valence-electron chi connectivity index (χ2n) is 4.60. The van der Waals surface area contributed by atoms with Gasteiger partial charge in [-0.05, 0) is 37.5 Å². The molecule has 1 nitrogen and oxygen atoms in total. The summed E-state index contributed by atoms with van der Waals surface area (Å²) in [5.74, 6) is 0.483. The number of carbonyl (C=O) groups is 1. The summed E-state index contributed by atoms with van der Waals surface area (Å²) in [5, 5.41) is 0. The fourth-order valence-corrected chi connectivity index (χ4v) is 2.57. The summed E-state index contributed by atoms with van der Waals surface area (Å²) >= 11 is 0. The molecule has 0 bridgehead atoms. The van der Waals surface area contributed by atoms with E-state index < -0.39 is 0 Å². The van der Waals surface area contributed by atoms with Crippen molar-refractivity contribution in [2.45, 2.75) is 58.3 Å². The maximum Gasteiger partial charge on any atom is 0.133 e. The highest BCUT2D eigenvalue weighted by Crippen LogP contribution is 2.41. The van der Waals surface area contributed by atoms with Crippen molar-refractivity contribution in [2.24, 2.45) is 5.41 Å². The quantitative estimate of drug-likeness (QED) is 0.479. The third-order valence-electron chi connectivity index (χ3n) is 3.60. The Morgan fingerprint density at radius 1 is 1.57 bits per heavy atom. The predicted octanol–water partition coefficient (Wildman–Crippen LogP) is 3.88. The lowest BCUT2D eigenvalue weighted by Gasteiger charge is -2.35. The molecule has 0 aromatic heterocycles. The molecule has 0 aromatic rings. The van der Waals surface area contributed by atoms with Crippen LogP contribution >= 0.6 is 0 Å². The van der Waals surface area contributed by atoms with Gasteiger partial charge in [0.05, 0.1) is 0 Å². The van der Waals surface area contributed by atoms with E-state index in [1.165, 1.54) is 19.3 Å². The van der Waals surface area contributed by atoms with E-state index in [4.69, 9.17) is 0 Å². The van der Waals surface area contributed by atoms with Crippen molar-refractivity contribution in [1.29, 1.82) is 0 Å². The molecule has 0 unspecified atom stereocenters. The highest BCUT2D eigenvalue weighted by Gasteiger charge is 2.33. The molecule has 80 valence electrons. The number of hydrogen-bond donors (Lipinski definition) is 0. The lowest BCUT2D eigenvalue weighted by molar-refractivity contribution is -0.124. The SMILES string of the molecule is C=CCCC[C@@]1(CC)CCCC(=O)C1. The van der Waals surface area contributed by atoms with Crippen LogP contribution in [0, 0.1) is 5.41 Å². The first-order valence-electron chi connectivity index (χ1n) is 5.85. The van der Waals surface area contributed by atoms with Gasteiger partial charge in [-0.2, -0.15) is 0 Å². The van der Waals surface area contributed by atoms with Crippen molar-refractivity contribution in [3.05, 3.63) is 12.7 Å². The maximum absolute atomic E-state index is 11.5. The van der Waals surface area contributed by atoms with Gasteiger partial charge in [0.25, 0.3) is 0 Å². The van der Waals surface area contributed by atoms with Gasteiger partial charge in [-0.25, -0.2) is 0 Å². The Morgan fingerprint density at radius 2 is 2.36 bits per heavy atom. The van der Waals surface area contributed by atoms with E-state index in [9.17, 15) is 4.79 Å². The summed E-state index contributed by atoms with van der Waals surface area (Å²) in [5.41, 5.74) is 0.346. The second-order valence-corrected chi connectivity index (χ2v) is 4.60. The zero-order valence-electron chi connectivity index (χ0n) is 9.35. The summed E-state index contributed by atoms with van der Waals surface area (Å²) in [6.45, 7) is 5.97. The summed E-state index contributed by atoms with van der Waals surface area (Å²) in [4.78, 5) is 11.5. The van der Waals surface area contributed by atoms with E-state index in [0.717, 1.165) is 32.1 Å². The fraction of sp³-hybridized carbons (Fsp3) is 0.769. The van der Waals surface area contributed by atoms with Crippen molar-refractivity contribution < 1.29 is 4.79 Å². The molecule has 1 atom stereocenters. The van der Waals surface area contributed by atoms with Crippen LogP contribution in [0.4, 0.5) is 0 Å². The molecule has 1 fully saturated rings. The molecule has 1 aliphatic rings. The average Bonchev–Trinajstić information content (AvgIpc) is 2.18. The van der Waals surface area contributed by atoms with Crippen molar-refractivity contribution in [1.82, 2.24) is 0 Å². The molecule has 1 saturated carbocycles. The number of unbranched alkanes of at least 4 members (excludes halogenated alkanes) is 1. The first-order chi connectivity index (χ1) is 6.72. The molecule has 1 aliphatic carbocycles. The monoisotopic (exact) mass is 194 g/mol. The van der Waals surface area contributed by atoms with Gasteiger partial charge in [0.15, 0.2) is 0 Å². The Kier molecular flexibility index (Phi) is 4.37. The van der Waals surface area contributed by atoms with E-state index in [0.29, 0.717) is 11.2 Å². The maximum atomic E-state index is 11.5. The third-order valence-corrected chi connectivity index (χ3v) is 3.60. The van der Waals surface area contributed by atoms with Gasteiger partial charge in [-0.15, -0.1) is 6.58 Å². The van der Waals surface area contributed by atoms with Crippen molar-refractivity contribution in [3.63, 3.8) is 0 Å². The second kappa shape index (κ2) is 5.33. The number of hydrogen-bond acceptors (Lipinski definition) is 1. The highest BCUT2D eigenvalue weighted by atomic mass is 16.1. The number of ketones is 1. The van der Waals surface area contributed by atoms with E-state index in [1.807, 2.05) is 6.08 Å². The van der Waals surface area contributed by atoms with Crippen molar-refractivity contribution in [2.75, 3.05) is 0 Å². The predicted molar refractivity (Wildman–Crippen MR) is 60.2 cm³/mol. The van der Waals surface area contributed by atoms with Crippen LogP contribution < -0.4 is 0 Å². The van der Waals surface area contributed by atoms with Crippen LogP contribution in [-0.4, -0.2) is 5.78 Å². The normalized spacial score (nSPS) is 27.6. The van der Waals surface area contributed by atoms with Crippen LogP contribution in [0.2, 0.25) is 0 Å². The molecule has 0 spiro atoms. The largest absolute Gasteiger partial charge is 0.300 e. The van der Waals surface area contributed by atoms with Crippen molar-refractivity contribution in [3.8, 4) is 0 Å². The van der Waals surface area contributed by atoms with Crippen LogP contribution in [0.15, 0.2) is 12.7 Å². The van der Waals surface area contributed by atoms with Gasteiger partial charge in [-0.3, -0.25) is 4.79 Å². The van der Waals surface area contributed by atoms with Crippen LogP contribution in [0.3, 0.4) is 0 Å². The average molecular weight is 194 g/mol. The highest BCUT2D eigenvalue weighted by molar-refractivity contribution is 5.79. The smallest absolute Gasteiger partial charge is 0.133 e. The summed E-state index contributed by atoms with van der Waals surface area (Å²) in [7, 11) is 0. The molecule has 14 heavy (non-hydrogen) atoms.